The standard InChI is InChI=1S/C14H18N2OS/c1-10(11-3-5-12(17-2)6-4-11)16-9-14-13(15)7-8-18-14/h3-8,10,16H,9,15H2,1-2H3/t10-/m1/s1. The average molecular weight is 262 g/mol. The molecule has 1 atom stereocenters. The van der Waals surface area contributed by atoms with Crippen molar-refractivity contribution >= 4 is 17.0 Å². The van der Waals surface area contributed by atoms with Crippen LogP contribution in [0.1, 0.15) is 23.4 Å². The summed E-state index contributed by atoms with van der Waals surface area (Å²) in [5.41, 5.74) is 7.97. The number of benzene rings is 1. The Kier molecular flexibility index (Phi) is 4.23. The van der Waals surface area contributed by atoms with Gasteiger partial charge in [-0.1, -0.05) is 12.1 Å². The maximum atomic E-state index is 5.86. The first kappa shape index (κ1) is 12.9. The van der Waals surface area contributed by atoms with Gasteiger partial charge in [-0.15, -0.1) is 11.3 Å². The molecule has 0 aliphatic carbocycles. The van der Waals surface area contributed by atoms with E-state index < -0.39 is 0 Å². The lowest BCUT2D eigenvalue weighted by atomic mass is 10.1. The van der Waals surface area contributed by atoms with E-state index in [1.807, 2.05) is 23.6 Å². The lowest BCUT2D eigenvalue weighted by Crippen LogP contribution is -2.17. The summed E-state index contributed by atoms with van der Waals surface area (Å²) in [6.07, 6.45) is 0. The van der Waals surface area contributed by atoms with Crippen molar-refractivity contribution in [2.75, 3.05) is 12.8 Å². The smallest absolute Gasteiger partial charge is 0.118 e. The van der Waals surface area contributed by atoms with E-state index >= 15 is 0 Å². The van der Waals surface area contributed by atoms with Crippen molar-refractivity contribution in [3.8, 4) is 5.75 Å². The van der Waals surface area contributed by atoms with Gasteiger partial charge >= 0.3 is 0 Å². The lowest BCUT2D eigenvalue weighted by molar-refractivity contribution is 0.414. The van der Waals surface area contributed by atoms with Crippen LogP contribution in [0.15, 0.2) is 35.7 Å². The molecule has 3 N–H and O–H groups in total. The van der Waals surface area contributed by atoms with Crippen molar-refractivity contribution < 1.29 is 4.74 Å². The molecule has 18 heavy (non-hydrogen) atoms. The van der Waals surface area contributed by atoms with Crippen LogP contribution in [0.25, 0.3) is 0 Å². The van der Waals surface area contributed by atoms with Crippen molar-refractivity contribution in [1.29, 1.82) is 0 Å². The predicted molar refractivity (Wildman–Crippen MR) is 77.0 cm³/mol. The zero-order chi connectivity index (χ0) is 13.0. The van der Waals surface area contributed by atoms with Crippen LogP contribution in [0.5, 0.6) is 5.75 Å². The normalized spacial score (nSPS) is 12.3. The third kappa shape index (κ3) is 3.03. The Morgan fingerprint density at radius 2 is 2.00 bits per heavy atom. The molecular weight excluding hydrogens is 244 g/mol. The van der Waals surface area contributed by atoms with E-state index in [0.717, 1.165) is 18.0 Å². The number of ether oxygens (including phenoxy) is 1. The van der Waals surface area contributed by atoms with Crippen LogP contribution in [0.2, 0.25) is 0 Å². The first-order valence-corrected chi connectivity index (χ1v) is 6.78. The molecule has 0 saturated heterocycles. The molecule has 3 nitrogen and oxygen atoms in total. The zero-order valence-corrected chi connectivity index (χ0v) is 11.5. The lowest BCUT2D eigenvalue weighted by Gasteiger charge is -2.14. The number of thiophene rings is 1. The highest BCUT2D eigenvalue weighted by Gasteiger charge is 2.07. The molecule has 0 spiro atoms. The minimum absolute atomic E-state index is 0.289. The topological polar surface area (TPSA) is 47.3 Å². The average Bonchev–Trinajstić information content (AvgIpc) is 2.81. The quantitative estimate of drug-likeness (QED) is 0.870. The Hall–Kier alpha value is -1.52. The molecule has 1 aromatic carbocycles. The Morgan fingerprint density at radius 3 is 2.56 bits per heavy atom. The highest BCUT2D eigenvalue weighted by Crippen LogP contribution is 2.21. The van der Waals surface area contributed by atoms with Crippen LogP contribution in [-0.2, 0) is 6.54 Å². The molecule has 0 saturated carbocycles. The number of anilines is 1. The first-order valence-electron chi connectivity index (χ1n) is 5.90. The molecule has 0 bridgehead atoms. The summed E-state index contributed by atoms with van der Waals surface area (Å²) >= 11 is 1.69. The summed E-state index contributed by atoms with van der Waals surface area (Å²) in [7, 11) is 1.68. The molecule has 1 aromatic heterocycles. The second-order valence-electron chi connectivity index (χ2n) is 4.17. The molecular formula is C14H18N2OS. The third-order valence-corrected chi connectivity index (χ3v) is 3.90. The van der Waals surface area contributed by atoms with E-state index in [-0.39, 0.29) is 6.04 Å². The maximum absolute atomic E-state index is 5.86. The van der Waals surface area contributed by atoms with Crippen LogP contribution in [-0.4, -0.2) is 7.11 Å². The molecule has 1 heterocycles. The summed E-state index contributed by atoms with van der Waals surface area (Å²) in [6.45, 7) is 2.95. The fourth-order valence-corrected chi connectivity index (χ4v) is 2.50. The van der Waals surface area contributed by atoms with Crippen molar-refractivity contribution in [3.63, 3.8) is 0 Å². The SMILES string of the molecule is COc1ccc([C@@H](C)NCc2sccc2N)cc1. The number of rotatable bonds is 5. The van der Waals surface area contributed by atoms with Crippen LogP contribution in [0.4, 0.5) is 5.69 Å². The Morgan fingerprint density at radius 1 is 1.28 bits per heavy atom. The molecule has 0 aliphatic rings. The van der Waals surface area contributed by atoms with Gasteiger partial charge in [-0.05, 0) is 36.1 Å². The Labute approximate surface area is 112 Å². The predicted octanol–water partition coefficient (Wildman–Crippen LogP) is 3.19. The summed E-state index contributed by atoms with van der Waals surface area (Å²) in [6, 6.07) is 10.3. The molecule has 0 fully saturated rings. The Bertz CT molecular complexity index is 493. The largest absolute Gasteiger partial charge is 0.497 e. The molecule has 2 aromatic rings. The minimum Gasteiger partial charge on any atom is -0.497 e. The van der Waals surface area contributed by atoms with E-state index in [9.17, 15) is 0 Å². The van der Waals surface area contributed by atoms with Crippen molar-refractivity contribution in [2.45, 2.75) is 19.5 Å². The number of hydrogen-bond donors (Lipinski definition) is 2. The minimum atomic E-state index is 0.289. The number of nitrogens with one attached hydrogen (secondary N) is 1. The fourth-order valence-electron chi connectivity index (χ4n) is 1.75. The van der Waals surface area contributed by atoms with Gasteiger partial charge in [-0.25, -0.2) is 0 Å². The van der Waals surface area contributed by atoms with Crippen LogP contribution in [0, 0.1) is 0 Å². The van der Waals surface area contributed by atoms with Crippen LogP contribution in [0.3, 0.4) is 0 Å². The van der Waals surface area contributed by atoms with Gasteiger partial charge in [0.25, 0.3) is 0 Å². The van der Waals surface area contributed by atoms with Gasteiger partial charge in [0.1, 0.15) is 5.75 Å². The number of nitrogen functional groups attached to an aromatic ring is 1. The number of methoxy groups -OCH3 is 1. The van der Waals surface area contributed by atoms with Gasteiger partial charge in [0.15, 0.2) is 0 Å². The van der Waals surface area contributed by atoms with Gasteiger partial charge in [0.2, 0.25) is 0 Å². The Balaban J connectivity index is 1.94. The van der Waals surface area contributed by atoms with E-state index in [4.69, 9.17) is 10.5 Å². The van der Waals surface area contributed by atoms with Gasteiger partial charge in [0, 0.05) is 23.2 Å². The highest BCUT2D eigenvalue weighted by atomic mass is 32.1. The molecule has 0 aliphatic heterocycles. The van der Waals surface area contributed by atoms with E-state index in [1.165, 1.54) is 10.4 Å². The van der Waals surface area contributed by atoms with Gasteiger partial charge in [0.05, 0.1) is 7.11 Å². The van der Waals surface area contributed by atoms with E-state index in [0.29, 0.717) is 0 Å². The fraction of sp³-hybridized carbons (Fsp3) is 0.286. The summed E-state index contributed by atoms with van der Waals surface area (Å²) in [4.78, 5) is 1.19. The van der Waals surface area contributed by atoms with Crippen molar-refractivity contribution in [3.05, 3.63) is 46.2 Å². The van der Waals surface area contributed by atoms with E-state index in [1.54, 1.807) is 18.4 Å². The molecule has 4 heteroatoms. The van der Waals surface area contributed by atoms with Crippen molar-refractivity contribution in [1.82, 2.24) is 5.32 Å². The number of hydrogen-bond acceptors (Lipinski definition) is 4. The molecule has 0 unspecified atom stereocenters. The van der Waals surface area contributed by atoms with Gasteiger partial charge in [-0.2, -0.15) is 0 Å². The summed E-state index contributed by atoms with van der Waals surface area (Å²) in [5.74, 6) is 0.883. The van der Waals surface area contributed by atoms with Crippen molar-refractivity contribution in [2.24, 2.45) is 0 Å². The summed E-state index contributed by atoms with van der Waals surface area (Å²) < 4.78 is 5.15. The zero-order valence-electron chi connectivity index (χ0n) is 10.6. The molecule has 0 radical (unpaired) electrons. The summed E-state index contributed by atoms with van der Waals surface area (Å²) in [5, 5.41) is 5.49. The van der Waals surface area contributed by atoms with Crippen LogP contribution >= 0.6 is 11.3 Å². The molecule has 2 rings (SSSR count). The monoisotopic (exact) mass is 262 g/mol. The first-order chi connectivity index (χ1) is 8.70. The third-order valence-electron chi connectivity index (χ3n) is 2.96. The second kappa shape index (κ2) is 5.89. The molecule has 0 amide bonds. The second-order valence-corrected chi connectivity index (χ2v) is 5.18. The maximum Gasteiger partial charge on any atom is 0.118 e. The number of nitrogens with two attached hydrogens (primary N) is 1. The van der Waals surface area contributed by atoms with Gasteiger partial charge in [-0.3, -0.25) is 0 Å². The van der Waals surface area contributed by atoms with Crippen LogP contribution < -0.4 is 15.8 Å². The highest BCUT2D eigenvalue weighted by molar-refractivity contribution is 7.10. The van der Waals surface area contributed by atoms with Gasteiger partial charge < -0.3 is 15.8 Å². The van der Waals surface area contributed by atoms with E-state index in [2.05, 4.69) is 24.4 Å². The molecule has 96 valence electrons.